The molecule has 1 aliphatic heterocycles. The molecule has 28 heavy (non-hydrogen) atoms. The number of guanidine groups is 1. The third-order valence-electron chi connectivity index (χ3n) is 4.78. The predicted octanol–water partition coefficient (Wildman–Crippen LogP) is 1.25. The Balaban J connectivity index is 1.66. The molecule has 1 aromatic rings. The predicted molar refractivity (Wildman–Crippen MR) is 114 cm³/mol. The van der Waals surface area contributed by atoms with Crippen LogP contribution in [0.2, 0.25) is 0 Å². The van der Waals surface area contributed by atoms with Crippen molar-refractivity contribution < 1.29 is 9.53 Å². The van der Waals surface area contributed by atoms with Crippen molar-refractivity contribution in [1.82, 2.24) is 20.9 Å². The number of amides is 1. The maximum atomic E-state index is 11.7. The van der Waals surface area contributed by atoms with Crippen LogP contribution in [-0.4, -0.2) is 75.8 Å². The van der Waals surface area contributed by atoms with Crippen LogP contribution in [0, 0.1) is 0 Å². The van der Waals surface area contributed by atoms with Crippen LogP contribution in [0.4, 0.5) is 0 Å². The molecule has 7 nitrogen and oxygen atoms in total. The lowest BCUT2D eigenvalue weighted by atomic mass is 10.1. The molecule has 0 aromatic heterocycles. The zero-order chi connectivity index (χ0) is 20.4. The number of hydrogen-bond acceptors (Lipinski definition) is 4. The number of aliphatic imine (C=N–C) groups is 1. The second-order valence-corrected chi connectivity index (χ2v) is 7.33. The van der Waals surface area contributed by atoms with Gasteiger partial charge in [0.1, 0.15) is 0 Å². The van der Waals surface area contributed by atoms with E-state index in [1.165, 1.54) is 0 Å². The Morgan fingerprint density at radius 3 is 2.61 bits per heavy atom. The van der Waals surface area contributed by atoms with Crippen molar-refractivity contribution >= 4 is 11.9 Å². The second-order valence-electron chi connectivity index (χ2n) is 7.33. The van der Waals surface area contributed by atoms with Crippen LogP contribution in [0.25, 0.3) is 0 Å². The van der Waals surface area contributed by atoms with Crippen LogP contribution >= 0.6 is 0 Å². The zero-order valence-electron chi connectivity index (χ0n) is 17.6. The van der Waals surface area contributed by atoms with Crippen LogP contribution in [-0.2, 0) is 11.2 Å². The number of hydrogen-bond donors (Lipinski definition) is 3. The lowest BCUT2D eigenvalue weighted by Crippen LogP contribution is -2.46. The van der Waals surface area contributed by atoms with Gasteiger partial charge in [0.2, 0.25) is 0 Å². The highest BCUT2D eigenvalue weighted by Gasteiger charge is 2.21. The molecule has 1 aliphatic rings. The fraction of sp³-hybridized carbons (Fsp3) is 0.619. The first-order valence-corrected chi connectivity index (χ1v) is 10.1. The average Bonchev–Trinajstić information content (AvgIpc) is 2.68. The molecule has 1 fully saturated rings. The Morgan fingerprint density at radius 2 is 1.93 bits per heavy atom. The summed E-state index contributed by atoms with van der Waals surface area (Å²) in [5.41, 5.74) is 1.81. The molecule has 3 N–H and O–H groups in total. The van der Waals surface area contributed by atoms with E-state index in [0.717, 1.165) is 57.1 Å². The van der Waals surface area contributed by atoms with E-state index in [1.807, 2.05) is 24.3 Å². The lowest BCUT2D eigenvalue weighted by molar-refractivity contribution is -0.0679. The highest BCUT2D eigenvalue weighted by Crippen LogP contribution is 2.10. The van der Waals surface area contributed by atoms with Gasteiger partial charge in [0, 0.05) is 52.4 Å². The monoisotopic (exact) mass is 389 g/mol. The fourth-order valence-corrected chi connectivity index (χ4v) is 3.53. The van der Waals surface area contributed by atoms with Gasteiger partial charge in [-0.3, -0.25) is 14.7 Å². The Labute approximate surface area is 168 Å². The Morgan fingerprint density at radius 1 is 1.21 bits per heavy atom. The molecular weight excluding hydrogens is 354 g/mol. The van der Waals surface area contributed by atoms with Crippen LogP contribution in [0.15, 0.2) is 29.3 Å². The normalized spacial score (nSPS) is 20.6. The van der Waals surface area contributed by atoms with Crippen molar-refractivity contribution in [2.45, 2.75) is 38.9 Å². The molecule has 1 heterocycles. The first kappa shape index (κ1) is 22.2. The summed E-state index contributed by atoms with van der Waals surface area (Å²) in [5, 5.41) is 9.37. The van der Waals surface area contributed by atoms with Crippen LogP contribution in [0.3, 0.4) is 0 Å². The molecule has 0 saturated carbocycles. The molecule has 7 heteroatoms. The van der Waals surface area contributed by atoms with Crippen molar-refractivity contribution in [1.29, 1.82) is 0 Å². The number of benzene rings is 1. The number of rotatable bonds is 8. The number of morpholine rings is 1. The van der Waals surface area contributed by atoms with Gasteiger partial charge < -0.3 is 20.7 Å². The maximum absolute atomic E-state index is 11.7. The van der Waals surface area contributed by atoms with Crippen molar-refractivity contribution in [2.75, 3.05) is 46.8 Å². The zero-order valence-corrected chi connectivity index (χ0v) is 17.6. The van der Waals surface area contributed by atoms with E-state index < -0.39 is 0 Å². The van der Waals surface area contributed by atoms with Gasteiger partial charge in [-0.15, -0.1) is 0 Å². The summed E-state index contributed by atoms with van der Waals surface area (Å²) in [7, 11) is 3.43. The van der Waals surface area contributed by atoms with E-state index in [4.69, 9.17) is 4.74 Å². The van der Waals surface area contributed by atoms with Crippen molar-refractivity contribution in [3.05, 3.63) is 35.4 Å². The standard InChI is InChI=1S/C21H35N5O2/c1-16-14-26(15-17(2)28-16)12-6-10-24-21(23-4)25-11-9-18-7-5-8-19(13-18)20(27)22-3/h5,7-8,13,16-17H,6,9-12,14-15H2,1-4H3,(H,22,27)(H2,23,24,25). The van der Waals surface area contributed by atoms with Gasteiger partial charge in [0.15, 0.2) is 5.96 Å². The van der Waals surface area contributed by atoms with Gasteiger partial charge >= 0.3 is 0 Å². The Kier molecular flexibility index (Phi) is 9.23. The highest BCUT2D eigenvalue weighted by molar-refractivity contribution is 5.94. The number of nitrogens with zero attached hydrogens (tertiary/aromatic N) is 2. The molecular formula is C21H35N5O2. The number of carbonyl (C=O) groups excluding carboxylic acids is 1. The summed E-state index contributed by atoms with van der Waals surface area (Å²) in [5.74, 6) is 0.752. The molecule has 0 aliphatic carbocycles. The van der Waals surface area contributed by atoms with Crippen molar-refractivity contribution in [3.63, 3.8) is 0 Å². The largest absolute Gasteiger partial charge is 0.373 e. The van der Waals surface area contributed by atoms with Gasteiger partial charge in [-0.05, 0) is 44.4 Å². The highest BCUT2D eigenvalue weighted by atomic mass is 16.5. The molecule has 2 unspecified atom stereocenters. The third-order valence-corrected chi connectivity index (χ3v) is 4.78. The van der Waals surface area contributed by atoms with E-state index in [-0.39, 0.29) is 5.91 Å². The molecule has 2 rings (SSSR count). The number of ether oxygens (including phenoxy) is 1. The minimum atomic E-state index is -0.0589. The second kappa shape index (κ2) is 11.7. The summed E-state index contributed by atoms with van der Waals surface area (Å²) in [4.78, 5) is 18.5. The molecule has 1 aromatic carbocycles. The first-order chi connectivity index (χ1) is 13.5. The third kappa shape index (κ3) is 7.48. The summed E-state index contributed by atoms with van der Waals surface area (Å²) < 4.78 is 5.78. The van der Waals surface area contributed by atoms with Crippen molar-refractivity contribution in [3.8, 4) is 0 Å². The average molecular weight is 390 g/mol. The van der Waals surface area contributed by atoms with Gasteiger partial charge in [-0.25, -0.2) is 0 Å². The van der Waals surface area contributed by atoms with Gasteiger partial charge in [-0.1, -0.05) is 12.1 Å². The topological polar surface area (TPSA) is 78.0 Å². The van der Waals surface area contributed by atoms with E-state index in [9.17, 15) is 4.79 Å². The van der Waals surface area contributed by atoms with E-state index in [1.54, 1.807) is 14.1 Å². The van der Waals surface area contributed by atoms with E-state index in [2.05, 4.69) is 39.7 Å². The Hall–Kier alpha value is -2.12. The number of carbonyl (C=O) groups is 1. The maximum Gasteiger partial charge on any atom is 0.251 e. The summed E-state index contributed by atoms with van der Waals surface area (Å²) in [6, 6.07) is 7.71. The van der Waals surface area contributed by atoms with E-state index in [0.29, 0.717) is 17.8 Å². The molecule has 1 amide bonds. The van der Waals surface area contributed by atoms with Gasteiger partial charge in [0.05, 0.1) is 12.2 Å². The molecule has 0 bridgehead atoms. The van der Waals surface area contributed by atoms with Gasteiger partial charge in [0.25, 0.3) is 5.91 Å². The quantitative estimate of drug-likeness (QED) is 0.354. The van der Waals surface area contributed by atoms with Gasteiger partial charge in [-0.2, -0.15) is 0 Å². The molecule has 0 radical (unpaired) electrons. The van der Waals surface area contributed by atoms with Crippen LogP contribution in [0.5, 0.6) is 0 Å². The van der Waals surface area contributed by atoms with Crippen molar-refractivity contribution in [2.24, 2.45) is 4.99 Å². The number of nitrogens with one attached hydrogen (secondary N) is 3. The summed E-state index contributed by atoms with van der Waals surface area (Å²) >= 11 is 0. The molecule has 1 saturated heterocycles. The molecule has 0 spiro atoms. The lowest BCUT2D eigenvalue weighted by Gasteiger charge is -2.35. The first-order valence-electron chi connectivity index (χ1n) is 10.1. The van der Waals surface area contributed by atoms with Crippen LogP contribution < -0.4 is 16.0 Å². The molecule has 156 valence electrons. The van der Waals surface area contributed by atoms with Crippen LogP contribution in [0.1, 0.15) is 36.2 Å². The van der Waals surface area contributed by atoms with E-state index >= 15 is 0 Å². The SMILES string of the molecule is CN=C(NCCCN1CC(C)OC(C)C1)NCCc1cccc(C(=O)NC)c1. The molecule has 2 atom stereocenters. The summed E-state index contributed by atoms with van der Waals surface area (Å²) in [6.45, 7) is 8.99. The fourth-order valence-electron chi connectivity index (χ4n) is 3.53. The Bertz CT molecular complexity index is 639. The minimum Gasteiger partial charge on any atom is -0.373 e. The minimum absolute atomic E-state index is 0.0589. The smallest absolute Gasteiger partial charge is 0.251 e. The summed E-state index contributed by atoms with van der Waals surface area (Å²) in [6.07, 6.45) is 2.52.